The summed E-state index contributed by atoms with van der Waals surface area (Å²) in [5.41, 5.74) is 2.06. The van der Waals surface area contributed by atoms with Crippen molar-refractivity contribution in [1.29, 1.82) is 0 Å². The highest BCUT2D eigenvalue weighted by Crippen LogP contribution is 2.10. The molecule has 0 bridgehead atoms. The average Bonchev–Trinajstić information content (AvgIpc) is 2.27. The second-order valence-electron chi connectivity index (χ2n) is 3.99. The van der Waals surface area contributed by atoms with Gasteiger partial charge in [-0.3, -0.25) is 4.79 Å². The maximum Gasteiger partial charge on any atom is 0.224 e. The Morgan fingerprint density at radius 3 is 2.50 bits per heavy atom. The maximum absolute atomic E-state index is 11.4. The molecule has 88 valence electrons. The van der Waals surface area contributed by atoms with Gasteiger partial charge in [0, 0.05) is 12.1 Å². The highest BCUT2D eigenvalue weighted by molar-refractivity contribution is 5.90. The van der Waals surface area contributed by atoms with Gasteiger partial charge in [0.05, 0.1) is 6.10 Å². The normalized spacial score (nSPS) is 12.2. The van der Waals surface area contributed by atoms with Crippen molar-refractivity contribution in [3.8, 4) is 0 Å². The molecule has 2 N–H and O–H groups in total. The van der Waals surface area contributed by atoms with Crippen LogP contribution in [-0.2, 0) is 11.2 Å². The predicted molar refractivity (Wildman–Crippen MR) is 65.4 cm³/mol. The van der Waals surface area contributed by atoms with E-state index >= 15 is 0 Å². The van der Waals surface area contributed by atoms with Gasteiger partial charge < -0.3 is 10.4 Å². The van der Waals surface area contributed by atoms with Crippen molar-refractivity contribution in [3.63, 3.8) is 0 Å². The van der Waals surface area contributed by atoms with Crippen LogP contribution in [0.2, 0.25) is 0 Å². The molecule has 16 heavy (non-hydrogen) atoms. The first kappa shape index (κ1) is 12.7. The minimum Gasteiger partial charge on any atom is -0.393 e. The molecule has 0 saturated carbocycles. The average molecular weight is 221 g/mol. The molecule has 0 heterocycles. The summed E-state index contributed by atoms with van der Waals surface area (Å²) in [5.74, 6) is -0.0508. The smallest absolute Gasteiger partial charge is 0.224 e. The van der Waals surface area contributed by atoms with Gasteiger partial charge in [0.1, 0.15) is 0 Å². The molecule has 0 aromatic heterocycles. The molecule has 1 aromatic carbocycles. The van der Waals surface area contributed by atoms with Crippen molar-refractivity contribution in [2.24, 2.45) is 0 Å². The molecule has 1 amide bonds. The fraction of sp³-hybridized carbons (Fsp3) is 0.462. The van der Waals surface area contributed by atoms with Crippen molar-refractivity contribution >= 4 is 11.6 Å². The molecule has 0 spiro atoms. The molecule has 0 aliphatic carbocycles. The number of benzene rings is 1. The lowest BCUT2D eigenvalue weighted by Crippen LogP contribution is -2.13. The lowest BCUT2D eigenvalue weighted by atomic mass is 10.1. The quantitative estimate of drug-likeness (QED) is 0.801. The summed E-state index contributed by atoms with van der Waals surface area (Å²) in [6, 6.07) is 7.81. The Morgan fingerprint density at radius 1 is 1.38 bits per heavy atom. The van der Waals surface area contributed by atoms with Gasteiger partial charge in [-0.15, -0.1) is 0 Å². The zero-order chi connectivity index (χ0) is 12.0. The van der Waals surface area contributed by atoms with E-state index in [1.807, 2.05) is 24.3 Å². The van der Waals surface area contributed by atoms with Gasteiger partial charge in [0.15, 0.2) is 0 Å². The van der Waals surface area contributed by atoms with E-state index in [0.717, 1.165) is 12.1 Å². The largest absolute Gasteiger partial charge is 0.393 e. The zero-order valence-electron chi connectivity index (χ0n) is 9.86. The number of hydrogen-bond acceptors (Lipinski definition) is 2. The summed E-state index contributed by atoms with van der Waals surface area (Å²) < 4.78 is 0. The Kier molecular flexibility index (Phi) is 4.99. The van der Waals surface area contributed by atoms with E-state index < -0.39 is 6.10 Å². The number of aryl methyl sites for hydroxylation is 1. The fourth-order valence-corrected chi connectivity index (χ4v) is 1.39. The summed E-state index contributed by atoms with van der Waals surface area (Å²) in [6.45, 7) is 3.78. The van der Waals surface area contributed by atoms with Crippen molar-refractivity contribution in [2.75, 3.05) is 5.32 Å². The van der Waals surface area contributed by atoms with Gasteiger partial charge >= 0.3 is 0 Å². The van der Waals surface area contributed by atoms with E-state index in [-0.39, 0.29) is 5.91 Å². The number of aliphatic hydroxyl groups is 1. The zero-order valence-corrected chi connectivity index (χ0v) is 9.86. The molecular weight excluding hydrogens is 202 g/mol. The Hall–Kier alpha value is -1.35. The molecule has 0 saturated heterocycles. The lowest BCUT2D eigenvalue weighted by molar-refractivity contribution is -0.116. The van der Waals surface area contributed by atoms with E-state index in [4.69, 9.17) is 5.11 Å². The van der Waals surface area contributed by atoms with Crippen LogP contribution < -0.4 is 5.32 Å². The molecule has 0 aliphatic heterocycles. The van der Waals surface area contributed by atoms with E-state index in [2.05, 4.69) is 12.2 Å². The van der Waals surface area contributed by atoms with Crippen LogP contribution in [0.5, 0.6) is 0 Å². The second kappa shape index (κ2) is 6.28. The molecule has 1 aromatic rings. The standard InChI is InChI=1S/C13H19NO2/c1-3-11-5-7-12(8-6-11)14-13(16)9-4-10(2)15/h5-8,10,15H,3-4,9H2,1-2H3,(H,14,16). The minimum absolute atomic E-state index is 0.0508. The highest BCUT2D eigenvalue weighted by atomic mass is 16.3. The van der Waals surface area contributed by atoms with E-state index in [9.17, 15) is 4.79 Å². The topological polar surface area (TPSA) is 49.3 Å². The summed E-state index contributed by atoms with van der Waals surface area (Å²) in [5, 5.41) is 11.9. The first-order valence-corrected chi connectivity index (χ1v) is 5.68. The molecule has 1 atom stereocenters. The molecule has 3 nitrogen and oxygen atoms in total. The van der Waals surface area contributed by atoms with Crippen molar-refractivity contribution in [2.45, 2.75) is 39.2 Å². The molecule has 0 aliphatic rings. The van der Waals surface area contributed by atoms with Crippen LogP contribution in [0.25, 0.3) is 0 Å². The Morgan fingerprint density at radius 2 is 2.00 bits per heavy atom. The van der Waals surface area contributed by atoms with Crippen LogP contribution >= 0.6 is 0 Å². The third kappa shape index (κ3) is 4.45. The molecule has 3 heteroatoms. The molecule has 0 fully saturated rings. The molecule has 0 radical (unpaired) electrons. The summed E-state index contributed by atoms with van der Waals surface area (Å²) in [4.78, 5) is 11.4. The lowest BCUT2D eigenvalue weighted by Gasteiger charge is -2.07. The number of carbonyl (C=O) groups excluding carboxylic acids is 1. The number of hydrogen-bond donors (Lipinski definition) is 2. The first-order valence-electron chi connectivity index (χ1n) is 5.68. The third-order valence-corrected chi connectivity index (χ3v) is 2.44. The van der Waals surface area contributed by atoms with Crippen LogP contribution in [0.4, 0.5) is 5.69 Å². The van der Waals surface area contributed by atoms with Gasteiger partial charge in [-0.2, -0.15) is 0 Å². The number of rotatable bonds is 5. The molecular formula is C13H19NO2. The van der Waals surface area contributed by atoms with E-state index in [0.29, 0.717) is 12.8 Å². The van der Waals surface area contributed by atoms with Crippen LogP contribution in [0, 0.1) is 0 Å². The second-order valence-corrected chi connectivity index (χ2v) is 3.99. The Bertz CT molecular complexity index is 330. The number of carbonyl (C=O) groups is 1. The maximum atomic E-state index is 11.4. The van der Waals surface area contributed by atoms with Crippen LogP contribution in [0.15, 0.2) is 24.3 Å². The minimum atomic E-state index is -0.423. The number of amides is 1. The van der Waals surface area contributed by atoms with E-state index in [1.165, 1.54) is 5.56 Å². The summed E-state index contributed by atoms with van der Waals surface area (Å²) in [6.07, 6.45) is 1.43. The van der Waals surface area contributed by atoms with Gasteiger partial charge in [-0.05, 0) is 37.5 Å². The summed E-state index contributed by atoms with van der Waals surface area (Å²) >= 11 is 0. The van der Waals surface area contributed by atoms with E-state index in [1.54, 1.807) is 6.92 Å². The van der Waals surface area contributed by atoms with Crippen molar-refractivity contribution in [3.05, 3.63) is 29.8 Å². The SMILES string of the molecule is CCc1ccc(NC(=O)CCC(C)O)cc1. The van der Waals surface area contributed by atoms with Crippen LogP contribution in [-0.4, -0.2) is 17.1 Å². The fourth-order valence-electron chi connectivity index (χ4n) is 1.39. The van der Waals surface area contributed by atoms with Gasteiger partial charge in [-0.1, -0.05) is 19.1 Å². The number of nitrogens with one attached hydrogen (secondary N) is 1. The first-order chi connectivity index (χ1) is 7.61. The van der Waals surface area contributed by atoms with Gasteiger partial charge in [0.25, 0.3) is 0 Å². The number of anilines is 1. The Labute approximate surface area is 96.5 Å². The van der Waals surface area contributed by atoms with Crippen LogP contribution in [0.3, 0.4) is 0 Å². The monoisotopic (exact) mass is 221 g/mol. The molecule has 1 rings (SSSR count). The third-order valence-electron chi connectivity index (χ3n) is 2.44. The Balaban J connectivity index is 2.43. The van der Waals surface area contributed by atoms with Crippen molar-refractivity contribution in [1.82, 2.24) is 0 Å². The van der Waals surface area contributed by atoms with Crippen LogP contribution in [0.1, 0.15) is 32.3 Å². The van der Waals surface area contributed by atoms with Gasteiger partial charge in [0.2, 0.25) is 5.91 Å². The molecule has 1 unspecified atom stereocenters. The van der Waals surface area contributed by atoms with Gasteiger partial charge in [-0.25, -0.2) is 0 Å². The summed E-state index contributed by atoms with van der Waals surface area (Å²) in [7, 11) is 0. The number of aliphatic hydroxyl groups excluding tert-OH is 1. The predicted octanol–water partition coefficient (Wildman–Crippen LogP) is 2.35. The van der Waals surface area contributed by atoms with Crippen molar-refractivity contribution < 1.29 is 9.90 Å². The highest BCUT2D eigenvalue weighted by Gasteiger charge is 2.04.